The fraction of sp³-hybridized carbons (Fsp3) is 0.400. The standard InChI is InChI=1S/C10H13ClN2O4/c11-8-3-7(1-2-12-8)9(17)13-10(4-14,5-15)6-16/h1-3,14-16H,4-6H2,(H,13,17). The van der Waals surface area contributed by atoms with E-state index < -0.39 is 31.3 Å². The smallest absolute Gasteiger partial charge is 0.252 e. The van der Waals surface area contributed by atoms with Crippen molar-refractivity contribution in [2.75, 3.05) is 19.8 Å². The van der Waals surface area contributed by atoms with E-state index in [0.29, 0.717) is 0 Å². The van der Waals surface area contributed by atoms with E-state index in [9.17, 15) is 4.79 Å². The van der Waals surface area contributed by atoms with Gasteiger partial charge in [0.05, 0.1) is 19.8 Å². The SMILES string of the molecule is O=C(NC(CO)(CO)CO)c1ccnc(Cl)c1. The van der Waals surface area contributed by atoms with Gasteiger partial charge < -0.3 is 20.6 Å². The predicted octanol–water partition coefficient (Wildman–Crippen LogP) is -0.819. The van der Waals surface area contributed by atoms with Crippen molar-refractivity contribution in [3.63, 3.8) is 0 Å². The number of carbonyl (C=O) groups is 1. The normalized spacial score (nSPS) is 11.3. The summed E-state index contributed by atoms with van der Waals surface area (Å²) >= 11 is 5.62. The molecule has 1 aromatic heterocycles. The first-order valence-electron chi connectivity index (χ1n) is 4.83. The molecule has 0 saturated carbocycles. The number of aliphatic hydroxyl groups excluding tert-OH is 3. The van der Waals surface area contributed by atoms with E-state index in [1.165, 1.54) is 18.3 Å². The summed E-state index contributed by atoms with van der Waals surface area (Å²) in [6, 6.07) is 2.77. The van der Waals surface area contributed by atoms with Gasteiger partial charge in [-0.3, -0.25) is 4.79 Å². The minimum Gasteiger partial charge on any atom is -0.394 e. The first-order chi connectivity index (χ1) is 8.06. The molecule has 1 rings (SSSR count). The average molecular weight is 261 g/mol. The van der Waals surface area contributed by atoms with Crippen molar-refractivity contribution >= 4 is 17.5 Å². The van der Waals surface area contributed by atoms with E-state index in [4.69, 9.17) is 26.9 Å². The first-order valence-corrected chi connectivity index (χ1v) is 5.21. The van der Waals surface area contributed by atoms with E-state index in [-0.39, 0.29) is 10.7 Å². The molecular weight excluding hydrogens is 248 g/mol. The molecule has 0 fully saturated rings. The van der Waals surface area contributed by atoms with Gasteiger partial charge >= 0.3 is 0 Å². The maximum Gasteiger partial charge on any atom is 0.252 e. The number of hydrogen-bond donors (Lipinski definition) is 4. The summed E-state index contributed by atoms with van der Waals surface area (Å²) in [6.07, 6.45) is 1.36. The summed E-state index contributed by atoms with van der Waals surface area (Å²) < 4.78 is 0. The molecular formula is C10H13ClN2O4. The van der Waals surface area contributed by atoms with Crippen LogP contribution in [0.25, 0.3) is 0 Å². The van der Waals surface area contributed by atoms with Crippen molar-refractivity contribution in [2.45, 2.75) is 5.54 Å². The summed E-state index contributed by atoms with van der Waals surface area (Å²) in [4.78, 5) is 15.5. The van der Waals surface area contributed by atoms with Crippen LogP contribution in [0, 0.1) is 0 Å². The van der Waals surface area contributed by atoms with Gasteiger partial charge in [-0.2, -0.15) is 0 Å². The molecule has 1 aromatic rings. The van der Waals surface area contributed by atoms with E-state index >= 15 is 0 Å². The van der Waals surface area contributed by atoms with Crippen molar-refractivity contribution in [3.05, 3.63) is 29.0 Å². The largest absolute Gasteiger partial charge is 0.394 e. The predicted molar refractivity (Wildman–Crippen MR) is 60.7 cm³/mol. The number of hydrogen-bond acceptors (Lipinski definition) is 5. The molecule has 0 saturated heterocycles. The number of pyridine rings is 1. The van der Waals surface area contributed by atoms with Crippen LogP contribution in [0.15, 0.2) is 18.3 Å². The van der Waals surface area contributed by atoms with Gasteiger partial charge in [0.2, 0.25) is 0 Å². The van der Waals surface area contributed by atoms with Crippen molar-refractivity contribution in [1.29, 1.82) is 0 Å². The van der Waals surface area contributed by atoms with Gasteiger partial charge in [-0.05, 0) is 12.1 Å². The van der Waals surface area contributed by atoms with Gasteiger partial charge in [0.25, 0.3) is 5.91 Å². The maximum absolute atomic E-state index is 11.8. The lowest BCUT2D eigenvalue weighted by molar-refractivity contribution is 0.0375. The summed E-state index contributed by atoms with van der Waals surface area (Å²) in [7, 11) is 0. The molecule has 0 unspecified atom stereocenters. The second-order valence-corrected chi connectivity index (χ2v) is 3.96. The third-order valence-corrected chi connectivity index (χ3v) is 2.48. The Hall–Kier alpha value is -1.21. The number of carbonyl (C=O) groups excluding carboxylic acids is 1. The molecule has 0 aliphatic carbocycles. The minimum atomic E-state index is -1.45. The molecule has 4 N–H and O–H groups in total. The second kappa shape index (κ2) is 5.92. The summed E-state index contributed by atoms with van der Waals surface area (Å²) in [5, 5.41) is 29.7. The fourth-order valence-corrected chi connectivity index (χ4v) is 1.30. The molecule has 1 heterocycles. The number of halogens is 1. The third-order valence-electron chi connectivity index (χ3n) is 2.28. The summed E-state index contributed by atoms with van der Waals surface area (Å²) in [5.41, 5.74) is -1.22. The van der Waals surface area contributed by atoms with Crippen LogP contribution < -0.4 is 5.32 Å². The van der Waals surface area contributed by atoms with Crippen LogP contribution in [-0.4, -0.2) is 51.6 Å². The van der Waals surface area contributed by atoms with Gasteiger partial charge in [-0.25, -0.2) is 4.98 Å². The molecule has 7 heteroatoms. The zero-order valence-corrected chi connectivity index (χ0v) is 9.68. The van der Waals surface area contributed by atoms with Crippen LogP contribution in [-0.2, 0) is 0 Å². The van der Waals surface area contributed by atoms with Gasteiger partial charge in [-0.1, -0.05) is 11.6 Å². The van der Waals surface area contributed by atoms with E-state index in [1.807, 2.05) is 0 Å². The molecule has 0 aromatic carbocycles. The Morgan fingerprint density at radius 3 is 2.41 bits per heavy atom. The lowest BCUT2D eigenvalue weighted by Crippen LogP contribution is -2.57. The molecule has 0 bridgehead atoms. The van der Waals surface area contributed by atoms with Crippen LogP contribution in [0.3, 0.4) is 0 Å². The number of aliphatic hydroxyl groups is 3. The Bertz CT molecular complexity index is 387. The first kappa shape index (κ1) is 13.9. The number of rotatable bonds is 5. The number of amides is 1. The molecule has 1 amide bonds. The fourth-order valence-electron chi connectivity index (χ4n) is 1.13. The highest BCUT2D eigenvalue weighted by atomic mass is 35.5. The minimum absolute atomic E-state index is 0.153. The Morgan fingerprint density at radius 2 is 1.94 bits per heavy atom. The average Bonchev–Trinajstić information content (AvgIpc) is 2.36. The van der Waals surface area contributed by atoms with Crippen LogP contribution in [0.4, 0.5) is 0 Å². The third kappa shape index (κ3) is 3.37. The van der Waals surface area contributed by atoms with Crippen LogP contribution in [0.2, 0.25) is 5.15 Å². The molecule has 0 atom stereocenters. The molecule has 0 aliphatic rings. The van der Waals surface area contributed by atoms with Gasteiger partial charge in [0.1, 0.15) is 10.7 Å². The molecule has 0 spiro atoms. The highest BCUT2D eigenvalue weighted by molar-refractivity contribution is 6.29. The highest BCUT2D eigenvalue weighted by Crippen LogP contribution is 2.09. The molecule has 94 valence electrons. The van der Waals surface area contributed by atoms with Crippen molar-refractivity contribution in [3.8, 4) is 0 Å². The molecule has 0 radical (unpaired) electrons. The molecule has 6 nitrogen and oxygen atoms in total. The van der Waals surface area contributed by atoms with Crippen molar-refractivity contribution in [2.24, 2.45) is 0 Å². The zero-order valence-electron chi connectivity index (χ0n) is 8.93. The van der Waals surface area contributed by atoms with Crippen LogP contribution >= 0.6 is 11.6 Å². The van der Waals surface area contributed by atoms with Gasteiger partial charge in [0.15, 0.2) is 0 Å². The van der Waals surface area contributed by atoms with E-state index in [1.54, 1.807) is 0 Å². The molecule has 0 aliphatic heterocycles. The summed E-state index contributed by atoms with van der Waals surface area (Å²) in [6.45, 7) is -1.74. The van der Waals surface area contributed by atoms with Gasteiger partial charge in [0, 0.05) is 11.8 Å². The Balaban J connectivity index is 2.84. The lowest BCUT2D eigenvalue weighted by Gasteiger charge is -2.28. The van der Waals surface area contributed by atoms with Crippen molar-refractivity contribution < 1.29 is 20.1 Å². The monoisotopic (exact) mass is 260 g/mol. The van der Waals surface area contributed by atoms with E-state index in [0.717, 1.165) is 0 Å². The van der Waals surface area contributed by atoms with Crippen LogP contribution in [0.1, 0.15) is 10.4 Å². The Morgan fingerprint density at radius 1 is 1.35 bits per heavy atom. The topological polar surface area (TPSA) is 103 Å². The maximum atomic E-state index is 11.8. The quantitative estimate of drug-likeness (QED) is 0.518. The lowest BCUT2D eigenvalue weighted by atomic mass is 10.0. The zero-order chi connectivity index (χ0) is 12.9. The highest BCUT2D eigenvalue weighted by Gasteiger charge is 2.30. The Kier molecular flexibility index (Phi) is 4.83. The number of nitrogens with one attached hydrogen (secondary N) is 1. The van der Waals surface area contributed by atoms with Crippen LogP contribution in [0.5, 0.6) is 0 Å². The number of aromatic nitrogens is 1. The summed E-state index contributed by atoms with van der Waals surface area (Å²) in [5.74, 6) is -0.563. The second-order valence-electron chi connectivity index (χ2n) is 3.58. The van der Waals surface area contributed by atoms with Gasteiger partial charge in [-0.15, -0.1) is 0 Å². The van der Waals surface area contributed by atoms with E-state index in [2.05, 4.69) is 10.3 Å². The number of nitrogens with zero attached hydrogens (tertiary/aromatic N) is 1. The molecule has 17 heavy (non-hydrogen) atoms. The Labute approximate surface area is 103 Å². The van der Waals surface area contributed by atoms with Crippen molar-refractivity contribution in [1.82, 2.24) is 10.3 Å².